The normalized spacial score (nSPS) is 10.6. The standard InChI is InChI=1S/C21H17F3N2O4.C8H10O2/c1-2-29-17-5-3-4-6-18(17)30-16-8-7-13(21(22,23)24)11-15(16)20(28)26-14-9-10-25-19(27)12-14;1-2-10-8-6-4-3-5-7(8)9/h3-12H,2H2,1H3,(H2,25,26,27,28);3-6,9H,2H2,1H3. The second kappa shape index (κ2) is 13.7. The highest BCUT2D eigenvalue weighted by atomic mass is 19.4. The number of hydrogen-bond acceptors (Lipinski definition) is 6. The van der Waals surface area contributed by atoms with Crippen LogP contribution >= 0.6 is 0 Å². The monoisotopic (exact) mass is 556 g/mol. The van der Waals surface area contributed by atoms with Gasteiger partial charge in [0.15, 0.2) is 23.0 Å². The smallest absolute Gasteiger partial charge is 0.416 e. The SMILES string of the molecule is CCOc1ccccc1O.CCOc1ccccc1Oc1ccc(C(F)(F)F)cc1C(=O)Nc1cc[nH]c(=O)c1. The lowest BCUT2D eigenvalue weighted by molar-refractivity contribution is -0.137. The van der Waals surface area contributed by atoms with Crippen molar-refractivity contribution in [1.82, 2.24) is 4.98 Å². The van der Waals surface area contributed by atoms with Crippen LogP contribution in [-0.4, -0.2) is 29.2 Å². The number of rotatable bonds is 8. The minimum absolute atomic E-state index is 0.0995. The van der Waals surface area contributed by atoms with Crippen molar-refractivity contribution in [3.8, 4) is 28.7 Å². The van der Waals surface area contributed by atoms with Crippen LogP contribution in [0.15, 0.2) is 89.9 Å². The molecule has 4 aromatic rings. The van der Waals surface area contributed by atoms with E-state index in [0.29, 0.717) is 30.8 Å². The van der Waals surface area contributed by atoms with E-state index < -0.39 is 23.2 Å². The number of pyridine rings is 1. The van der Waals surface area contributed by atoms with Crippen molar-refractivity contribution in [3.63, 3.8) is 0 Å². The van der Waals surface area contributed by atoms with E-state index in [-0.39, 0.29) is 28.5 Å². The summed E-state index contributed by atoms with van der Waals surface area (Å²) in [6.45, 7) is 4.59. The van der Waals surface area contributed by atoms with E-state index >= 15 is 0 Å². The van der Waals surface area contributed by atoms with Gasteiger partial charge in [-0.1, -0.05) is 24.3 Å². The van der Waals surface area contributed by atoms with Gasteiger partial charge in [0.25, 0.3) is 5.91 Å². The minimum Gasteiger partial charge on any atom is -0.504 e. The molecule has 0 atom stereocenters. The van der Waals surface area contributed by atoms with Gasteiger partial charge in [-0.2, -0.15) is 13.2 Å². The summed E-state index contributed by atoms with van der Waals surface area (Å²) in [5.41, 5.74) is -1.71. The van der Waals surface area contributed by atoms with Crippen LogP contribution in [0.25, 0.3) is 0 Å². The number of aromatic amines is 1. The summed E-state index contributed by atoms with van der Waals surface area (Å²) in [5, 5.41) is 11.5. The van der Waals surface area contributed by atoms with E-state index in [1.165, 1.54) is 12.3 Å². The van der Waals surface area contributed by atoms with E-state index in [9.17, 15) is 22.8 Å². The highest BCUT2D eigenvalue weighted by Gasteiger charge is 2.32. The minimum atomic E-state index is -4.65. The summed E-state index contributed by atoms with van der Waals surface area (Å²) in [7, 11) is 0. The zero-order valence-electron chi connectivity index (χ0n) is 21.6. The van der Waals surface area contributed by atoms with Gasteiger partial charge in [0.2, 0.25) is 5.56 Å². The summed E-state index contributed by atoms with van der Waals surface area (Å²) in [4.78, 5) is 26.5. The van der Waals surface area contributed by atoms with Crippen LogP contribution < -0.4 is 25.1 Å². The van der Waals surface area contributed by atoms with E-state index in [4.69, 9.17) is 19.3 Å². The van der Waals surface area contributed by atoms with Crippen LogP contribution in [0.3, 0.4) is 0 Å². The maximum atomic E-state index is 13.2. The molecule has 0 unspecified atom stereocenters. The molecule has 3 N–H and O–H groups in total. The zero-order chi connectivity index (χ0) is 29.1. The Bertz CT molecular complexity index is 1490. The molecule has 0 fully saturated rings. The molecule has 0 saturated carbocycles. The third kappa shape index (κ3) is 8.29. The van der Waals surface area contributed by atoms with Gasteiger partial charge in [-0.3, -0.25) is 9.59 Å². The number of carbonyl (C=O) groups is 1. The second-order valence-corrected chi connectivity index (χ2v) is 7.99. The zero-order valence-corrected chi connectivity index (χ0v) is 21.6. The molecule has 3 aromatic carbocycles. The van der Waals surface area contributed by atoms with Crippen molar-refractivity contribution in [2.24, 2.45) is 0 Å². The molecule has 0 aliphatic heterocycles. The largest absolute Gasteiger partial charge is 0.504 e. The number of aromatic nitrogens is 1. The van der Waals surface area contributed by atoms with Gasteiger partial charge in [0.1, 0.15) is 5.75 Å². The van der Waals surface area contributed by atoms with E-state index in [0.717, 1.165) is 18.2 Å². The number of aromatic hydroxyl groups is 1. The number of carbonyl (C=O) groups excluding carboxylic acids is 1. The molecular weight excluding hydrogens is 529 g/mol. The highest BCUT2D eigenvalue weighted by Crippen LogP contribution is 2.37. The first kappa shape index (κ1) is 29.6. The van der Waals surface area contributed by atoms with Gasteiger partial charge in [-0.05, 0) is 62.4 Å². The summed E-state index contributed by atoms with van der Waals surface area (Å²) in [5.74, 6) is 0.396. The van der Waals surface area contributed by atoms with Crippen molar-refractivity contribution >= 4 is 11.6 Å². The molecule has 1 amide bonds. The number of hydrogen-bond donors (Lipinski definition) is 3. The van der Waals surface area contributed by atoms with E-state index in [2.05, 4.69) is 10.3 Å². The fourth-order valence-electron chi connectivity index (χ4n) is 3.36. The molecule has 1 aromatic heterocycles. The van der Waals surface area contributed by atoms with Gasteiger partial charge in [0.05, 0.1) is 24.3 Å². The van der Waals surface area contributed by atoms with Crippen molar-refractivity contribution < 1.29 is 37.3 Å². The summed E-state index contributed by atoms with van der Waals surface area (Å²) < 4.78 is 55.9. The lowest BCUT2D eigenvalue weighted by atomic mass is 10.1. The predicted molar refractivity (Wildman–Crippen MR) is 143 cm³/mol. The number of H-pyrrole nitrogens is 1. The molecular formula is C29H27F3N2O6. The number of ether oxygens (including phenoxy) is 3. The number of anilines is 1. The Morgan fingerprint density at radius 2 is 1.48 bits per heavy atom. The molecule has 210 valence electrons. The van der Waals surface area contributed by atoms with Crippen molar-refractivity contribution in [1.29, 1.82) is 0 Å². The molecule has 0 aliphatic rings. The third-order valence-electron chi connectivity index (χ3n) is 5.12. The molecule has 0 bridgehead atoms. The number of alkyl halides is 3. The quantitative estimate of drug-likeness (QED) is 0.225. The van der Waals surface area contributed by atoms with Crippen LogP contribution in [-0.2, 0) is 6.18 Å². The number of amides is 1. The van der Waals surface area contributed by atoms with Gasteiger partial charge in [-0.15, -0.1) is 0 Å². The summed E-state index contributed by atoms with van der Waals surface area (Å²) >= 11 is 0. The molecule has 0 radical (unpaired) electrons. The summed E-state index contributed by atoms with van der Waals surface area (Å²) in [6, 6.07) is 18.6. The van der Waals surface area contributed by atoms with E-state index in [1.54, 1.807) is 49.4 Å². The first-order valence-electron chi connectivity index (χ1n) is 12.1. The van der Waals surface area contributed by atoms with Crippen molar-refractivity contribution in [2.75, 3.05) is 18.5 Å². The Morgan fingerprint density at radius 1 is 0.850 bits per heavy atom. The van der Waals surface area contributed by atoms with Crippen LogP contribution in [0.2, 0.25) is 0 Å². The Labute approximate surface area is 228 Å². The van der Waals surface area contributed by atoms with Crippen LogP contribution in [0.5, 0.6) is 28.7 Å². The van der Waals surface area contributed by atoms with Crippen molar-refractivity contribution in [2.45, 2.75) is 20.0 Å². The Balaban J connectivity index is 0.000000371. The fraction of sp³-hybridized carbons (Fsp3) is 0.172. The number of benzene rings is 3. The lowest BCUT2D eigenvalue weighted by Crippen LogP contribution is -2.16. The average molecular weight is 557 g/mol. The fourth-order valence-corrected chi connectivity index (χ4v) is 3.36. The van der Waals surface area contributed by atoms with E-state index in [1.807, 2.05) is 13.0 Å². The summed E-state index contributed by atoms with van der Waals surface area (Å²) in [6.07, 6.45) is -3.35. The maximum absolute atomic E-state index is 13.2. The Hall–Kier alpha value is -4.93. The first-order valence-corrected chi connectivity index (χ1v) is 12.1. The molecule has 0 saturated heterocycles. The maximum Gasteiger partial charge on any atom is 0.416 e. The number of para-hydroxylation sites is 4. The first-order chi connectivity index (χ1) is 19.1. The number of halogens is 3. The van der Waals surface area contributed by atoms with Crippen LogP contribution in [0.4, 0.5) is 18.9 Å². The Morgan fingerprint density at radius 3 is 2.10 bits per heavy atom. The molecule has 8 nitrogen and oxygen atoms in total. The second-order valence-electron chi connectivity index (χ2n) is 7.99. The number of nitrogens with one attached hydrogen (secondary N) is 2. The molecule has 11 heteroatoms. The molecule has 1 heterocycles. The Kier molecular flexibility index (Phi) is 10.2. The third-order valence-corrected chi connectivity index (χ3v) is 5.12. The molecule has 40 heavy (non-hydrogen) atoms. The number of phenolic OH excluding ortho intramolecular Hbond substituents is 1. The molecule has 0 spiro atoms. The average Bonchev–Trinajstić information content (AvgIpc) is 2.91. The number of phenols is 1. The van der Waals surface area contributed by atoms with Gasteiger partial charge in [-0.25, -0.2) is 0 Å². The predicted octanol–water partition coefficient (Wildman–Crippen LogP) is 6.63. The molecule has 4 rings (SSSR count). The lowest BCUT2D eigenvalue weighted by Gasteiger charge is -2.16. The molecule has 0 aliphatic carbocycles. The van der Waals surface area contributed by atoms with Crippen LogP contribution in [0, 0.1) is 0 Å². The van der Waals surface area contributed by atoms with Gasteiger partial charge in [0, 0.05) is 18.0 Å². The topological polar surface area (TPSA) is 110 Å². The van der Waals surface area contributed by atoms with Gasteiger partial charge >= 0.3 is 6.18 Å². The highest BCUT2D eigenvalue weighted by molar-refractivity contribution is 6.06. The van der Waals surface area contributed by atoms with Crippen molar-refractivity contribution in [3.05, 3.63) is 107 Å². The van der Waals surface area contributed by atoms with Gasteiger partial charge < -0.3 is 29.6 Å². The van der Waals surface area contributed by atoms with Crippen LogP contribution in [0.1, 0.15) is 29.8 Å².